The second-order valence-electron chi connectivity index (χ2n) is 12.0. The molecule has 0 aliphatic carbocycles. The highest BCUT2D eigenvalue weighted by Crippen LogP contribution is 2.41. The molecule has 0 aliphatic heterocycles. The Kier molecular flexibility index (Phi) is 4.46. The summed E-state index contributed by atoms with van der Waals surface area (Å²) in [4.78, 5) is 13.8. The SMILES string of the molecule is [2H]c1c([2H])c([2H])c(-c2nc(-c3ccc(-c4ccccc4)cc3)nc(-c3c([2H])c([2H])c([2H])c(-c4cccc5oc6c(-c7c([2H])c([2H])c8c([2H])c([2H])c([2H])c([2H])c8c7[2H])cccc6c45)c3[2H])n2)c([2H])c1[2H]. The molecule has 4 nitrogen and oxygen atoms in total. The van der Waals surface area contributed by atoms with E-state index in [1.807, 2.05) is 42.5 Å². The summed E-state index contributed by atoms with van der Waals surface area (Å²) in [5.74, 6) is -0.753. The third kappa shape index (κ3) is 5.63. The van der Waals surface area contributed by atoms with Crippen LogP contribution in [0.1, 0.15) is 21.9 Å². The van der Waals surface area contributed by atoms with Crippen molar-refractivity contribution in [3.8, 4) is 67.5 Å². The lowest BCUT2D eigenvalue weighted by Gasteiger charge is -2.10. The normalized spacial score (nSPS) is 15.6. The molecule has 0 atom stereocenters. The van der Waals surface area contributed by atoms with Gasteiger partial charge in [0.2, 0.25) is 0 Å². The van der Waals surface area contributed by atoms with Crippen molar-refractivity contribution in [2.75, 3.05) is 0 Å². The Morgan fingerprint density at radius 2 is 1.02 bits per heavy atom. The van der Waals surface area contributed by atoms with Crippen LogP contribution in [0.2, 0.25) is 0 Å². The molecule has 53 heavy (non-hydrogen) atoms. The molecule has 0 amide bonds. The van der Waals surface area contributed by atoms with Gasteiger partial charge in [0.05, 0.1) is 21.9 Å². The summed E-state index contributed by atoms with van der Waals surface area (Å²) >= 11 is 0. The first-order chi connectivity index (χ1) is 32.9. The van der Waals surface area contributed by atoms with Crippen LogP contribution >= 0.6 is 0 Å². The monoisotopic (exact) mass is 693 g/mol. The fourth-order valence-electron chi connectivity index (χ4n) is 6.29. The van der Waals surface area contributed by atoms with Crippen LogP contribution in [0.3, 0.4) is 0 Å². The molecule has 2 aromatic heterocycles. The minimum Gasteiger partial charge on any atom is -0.455 e. The van der Waals surface area contributed by atoms with E-state index in [9.17, 15) is 5.48 Å². The molecule has 10 rings (SSSR count). The molecule has 0 spiro atoms. The number of fused-ring (bicyclic) bond motifs is 4. The van der Waals surface area contributed by atoms with Crippen molar-refractivity contribution in [2.45, 2.75) is 0 Å². The summed E-state index contributed by atoms with van der Waals surface area (Å²) < 4.78 is 147. The average Bonchev–Trinajstić information content (AvgIpc) is 3.75. The summed E-state index contributed by atoms with van der Waals surface area (Å²) in [5, 5.41) is 0.192. The van der Waals surface area contributed by atoms with Crippen molar-refractivity contribution in [3.63, 3.8) is 0 Å². The predicted octanol–water partition coefficient (Wildman–Crippen LogP) is 12.9. The zero-order valence-corrected chi connectivity index (χ0v) is 27.4. The van der Waals surface area contributed by atoms with Crippen LogP contribution in [0.25, 0.3) is 100 Å². The predicted molar refractivity (Wildman–Crippen MR) is 217 cm³/mol. The van der Waals surface area contributed by atoms with Gasteiger partial charge in [-0.05, 0) is 56.7 Å². The minimum absolute atomic E-state index is 0.0404. The third-order valence-corrected chi connectivity index (χ3v) is 8.77. The Balaban J connectivity index is 1.22. The van der Waals surface area contributed by atoms with Crippen LogP contribution < -0.4 is 0 Å². The summed E-state index contributed by atoms with van der Waals surface area (Å²) in [5.41, 5.74) is 1.94. The van der Waals surface area contributed by atoms with Crippen molar-refractivity contribution in [3.05, 3.63) is 188 Å². The molecule has 0 saturated heterocycles. The number of para-hydroxylation sites is 1. The van der Waals surface area contributed by atoms with Gasteiger partial charge in [-0.3, -0.25) is 0 Å². The first kappa shape index (κ1) is 18.4. The maximum atomic E-state index is 9.75. The van der Waals surface area contributed by atoms with Crippen molar-refractivity contribution < 1.29 is 26.3 Å². The molecular formula is C49H31N3O. The molecule has 0 radical (unpaired) electrons. The molecule has 0 bridgehead atoms. The topological polar surface area (TPSA) is 51.8 Å². The number of rotatable bonds is 6. The standard InChI is InChI=1S/C49H31N3O/c1-3-12-32(13-4-1)34-24-27-36(28-25-34)48-50-47(35-15-5-2-6-16-35)51-49(52-48)40-19-9-18-38(31-40)41-20-11-23-44-45(41)43-22-10-21-42(46(43)53-44)39-29-26-33-14-7-8-17-37(33)30-39/h1-31H/i2D,5D,6D,7D,8D,9D,14D,15D,16D,17D,18D,19D,26D,29D,30D,31D. The highest BCUT2D eigenvalue weighted by Gasteiger charge is 2.18. The van der Waals surface area contributed by atoms with E-state index in [0.717, 1.165) is 11.1 Å². The Bertz CT molecular complexity index is 3830. The highest BCUT2D eigenvalue weighted by atomic mass is 16.3. The quantitative estimate of drug-likeness (QED) is 0.174. The van der Waals surface area contributed by atoms with Crippen molar-refractivity contribution in [2.24, 2.45) is 0 Å². The lowest BCUT2D eigenvalue weighted by molar-refractivity contribution is 0.670. The number of nitrogens with zero attached hydrogens (tertiary/aromatic N) is 3. The Morgan fingerprint density at radius 1 is 0.396 bits per heavy atom. The molecule has 0 N–H and O–H groups in total. The third-order valence-electron chi connectivity index (χ3n) is 8.77. The van der Waals surface area contributed by atoms with Crippen LogP contribution in [0.4, 0.5) is 0 Å². The Morgan fingerprint density at radius 3 is 1.85 bits per heavy atom. The van der Waals surface area contributed by atoms with Crippen LogP contribution in [0, 0.1) is 0 Å². The number of hydrogen-bond acceptors (Lipinski definition) is 4. The molecule has 2 heterocycles. The summed E-state index contributed by atoms with van der Waals surface area (Å²) in [6.45, 7) is 0. The van der Waals surface area contributed by atoms with Crippen LogP contribution in [0.15, 0.2) is 192 Å². The largest absolute Gasteiger partial charge is 0.455 e. The number of hydrogen-bond donors (Lipinski definition) is 0. The maximum Gasteiger partial charge on any atom is 0.164 e. The van der Waals surface area contributed by atoms with Gasteiger partial charge in [0.1, 0.15) is 11.2 Å². The highest BCUT2D eigenvalue weighted by molar-refractivity contribution is 6.15. The summed E-state index contributed by atoms with van der Waals surface area (Å²) in [7, 11) is 0. The van der Waals surface area contributed by atoms with Gasteiger partial charge in [-0.2, -0.15) is 0 Å². The molecule has 0 saturated carbocycles. The first-order valence-corrected chi connectivity index (χ1v) is 16.5. The summed E-state index contributed by atoms with van der Waals surface area (Å²) in [6.07, 6.45) is 0. The fourth-order valence-corrected chi connectivity index (χ4v) is 6.29. The van der Waals surface area contributed by atoms with Crippen molar-refractivity contribution in [1.29, 1.82) is 0 Å². The first-order valence-electron chi connectivity index (χ1n) is 24.5. The molecule has 0 unspecified atom stereocenters. The van der Waals surface area contributed by atoms with Crippen LogP contribution in [0.5, 0.6) is 0 Å². The lowest BCUT2D eigenvalue weighted by Crippen LogP contribution is -2.00. The number of aromatic nitrogens is 3. The van der Waals surface area contributed by atoms with Gasteiger partial charge in [-0.25, -0.2) is 15.0 Å². The molecular weight excluding hydrogens is 647 g/mol. The van der Waals surface area contributed by atoms with E-state index in [0.29, 0.717) is 16.3 Å². The van der Waals surface area contributed by atoms with Gasteiger partial charge in [0.15, 0.2) is 17.5 Å². The van der Waals surface area contributed by atoms with Crippen LogP contribution in [-0.4, -0.2) is 15.0 Å². The zero-order chi connectivity index (χ0) is 49.1. The van der Waals surface area contributed by atoms with Gasteiger partial charge in [-0.1, -0.05) is 170 Å². The zero-order valence-electron chi connectivity index (χ0n) is 43.4. The second-order valence-corrected chi connectivity index (χ2v) is 12.0. The second kappa shape index (κ2) is 12.9. The van der Waals surface area contributed by atoms with Gasteiger partial charge in [0, 0.05) is 33.0 Å². The molecule has 248 valence electrons. The molecule has 8 aromatic carbocycles. The van der Waals surface area contributed by atoms with Crippen LogP contribution in [-0.2, 0) is 0 Å². The van der Waals surface area contributed by atoms with E-state index in [-0.39, 0.29) is 72.8 Å². The van der Waals surface area contributed by atoms with Crippen molar-refractivity contribution >= 4 is 32.7 Å². The smallest absolute Gasteiger partial charge is 0.164 e. The number of furan rings is 1. The van der Waals surface area contributed by atoms with E-state index in [4.69, 9.17) is 20.9 Å². The van der Waals surface area contributed by atoms with Gasteiger partial charge in [0.25, 0.3) is 0 Å². The minimum atomic E-state index is -0.645. The van der Waals surface area contributed by atoms with E-state index >= 15 is 0 Å². The molecule has 10 aromatic rings. The van der Waals surface area contributed by atoms with E-state index in [1.165, 1.54) is 0 Å². The van der Waals surface area contributed by atoms with Crippen molar-refractivity contribution in [1.82, 2.24) is 15.0 Å². The van der Waals surface area contributed by atoms with Gasteiger partial charge < -0.3 is 4.42 Å². The van der Waals surface area contributed by atoms with Gasteiger partial charge >= 0.3 is 0 Å². The molecule has 4 heteroatoms. The Labute approximate surface area is 329 Å². The fraction of sp³-hybridized carbons (Fsp3) is 0. The lowest BCUT2D eigenvalue weighted by atomic mass is 9.95. The maximum absolute atomic E-state index is 9.75. The Hall–Kier alpha value is -7.17. The molecule has 0 fully saturated rings. The van der Waals surface area contributed by atoms with E-state index in [2.05, 4.69) is 15.0 Å². The van der Waals surface area contributed by atoms with Gasteiger partial charge in [-0.15, -0.1) is 0 Å². The summed E-state index contributed by atoms with van der Waals surface area (Å²) in [6, 6.07) is 17.2. The van der Waals surface area contributed by atoms with E-state index in [1.54, 1.807) is 48.5 Å². The average molecular weight is 694 g/mol. The number of benzene rings is 8. The molecule has 0 aliphatic rings. The van der Waals surface area contributed by atoms with E-state index < -0.39 is 96.7 Å².